The van der Waals surface area contributed by atoms with Gasteiger partial charge in [-0.3, -0.25) is 24.7 Å². The first-order valence-electron chi connectivity index (χ1n) is 9.02. The quantitative estimate of drug-likeness (QED) is 0.463. The minimum absolute atomic E-state index is 0.00157. The molecule has 1 saturated heterocycles. The minimum Gasteiger partial charge on any atom is -0.371 e. The van der Waals surface area contributed by atoms with E-state index >= 15 is 0 Å². The number of pyridine rings is 1. The van der Waals surface area contributed by atoms with Crippen LogP contribution in [-0.4, -0.2) is 41.4 Å². The Balaban J connectivity index is 1.46. The first-order chi connectivity index (χ1) is 13.5. The van der Waals surface area contributed by atoms with E-state index in [0.717, 1.165) is 31.6 Å². The van der Waals surface area contributed by atoms with Crippen molar-refractivity contribution in [2.24, 2.45) is 5.92 Å². The highest BCUT2D eigenvalue weighted by Crippen LogP contribution is 2.23. The molecular formula is C19H21N5O4. The third-order valence-corrected chi connectivity index (χ3v) is 4.75. The van der Waals surface area contributed by atoms with Gasteiger partial charge in [-0.1, -0.05) is 12.1 Å². The lowest BCUT2D eigenvalue weighted by molar-refractivity contribution is -0.383. The zero-order valence-electron chi connectivity index (χ0n) is 15.2. The van der Waals surface area contributed by atoms with Gasteiger partial charge in [-0.15, -0.1) is 0 Å². The Morgan fingerprint density at radius 1 is 1.11 bits per heavy atom. The van der Waals surface area contributed by atoms with Gasteiger partial charge in [0.15, 0.2) is 0 Å². The second-order valence-electron chi connectivity index (χ2n) is 6.57. The van der Waals surface area contributed by atoms with Crippen LogP contribution < -0.4 is 15.5 Å². The number of rotatable bonds is 5. The highest BCUT2D eigenvalue weighted by Gasteiger charge is 2.23. The van der Waals surface area contributed by atoms with Gasteiger partial charge in [-0.2, -0.15) is 0 Å². The molecule has 9 nitrogen and oxygen atoms in total. The molecular weight excluding hydrogens is 362 g/mol. The van der Waals surface area contributed by atoms with Gasteiger partial charge in [0, 0.05) is 43.8 Å². The van der Waals surface area contributed by atoms with E-state index in [1.54, 1.807) is 18.5 Å². The number of carbonyl (C=O) groups excluding carboxylic acids is 2. The maximum Gasteiger partial charge on any atom is 0.313 e. The lowest BCUT2D eigenvalue weighted by Crippen LogP contribution is -2.41. The first-order valence-corrected chi connectivity index (χ1v) is 9.02. The number of aromatic nitrogens is 1. The summed E-state index contributed by atoms with van der Waals surface area (Å²) < 4.78 is 0. The predicted octanol–water partition coefficient (Wildman–Crippen LogP) is 1.96. The zero-order valence-corrected chi connectivity index (χ0v) is 15.2. The molecule has 9 heteroatoms. The van der Waals surface area contributed by atoms with Crippen molar-refractivity contribution < 1.29 is 14.5 Å². The molecule has 1 aliphatic heterocycles. The van der Waals surface area contributed by atoms with Gasteiger partial charge < -0.3 is 15.5 Å². The zero-order chi connectivity index (χ0) is 19.9. The van der Waals surface area contributed by atoms with E-state index in [9.17, 15) is 19.7 Å². The number of piperidine rings is 1. The maximum atomic E-state index is 12.0. The van der Waals surface area contributed by atoms with Gasteiger partial charge in [-0.05, 0) is 37.0 Å². The summed E-state index contributed by atoms with van der Waals surface area (Å²) in [6.45, 7) is 2.13. The van der Waals surface area contributed by atoms with Gasteiger partial charge in [0.25, 0.3) is 5.69 Å². The summed E-state index contributed by atoms with van der Waals surface area (Å²) in [5, 5.41) is 15.9. The van der Waals surface area contributed by atoms with E-state index in [0.29, 0.717) is 6.54 Å². The van der Waals surface area contributed by atoms with Crippen molar-refractivity contribution in [1.29, 1.82) is 0 Å². The molecule has 0 atom stereocenters. The lowest BCUT2D eigenvalue weighted by atomic mass is 9.96. The number of nitro benzene ring substituents is 1. The Bertz CT molecular complexity index is 850. The summed E-state index contributed by atoms with van der Waals surface area (Å²) in [7, 11) is 0. The summed E-state index contributed by atoms with van der Waals surface area (Å²) in [6, 6.07) is 9.63. The number of amides is 2. The summed E-state index contributed by atoms with van der Waals surface area (Å²) in [4.78, 5) is 40.7. The van der Waals surface area contributed by atoms with Crippen LogP contribution in [0.2, 0.25) is 0 Å². The van der Waals surface area contributed by atoms with Crippen LogP contribution in [0.15, 0.2) is 48.8 Å². The Hall–Kier alpha value is -3.49. The maximum absolute atomic E-state index is 12.0. The lowest BCUT2D eigenvalue weighted by Gasteiger charge is -2.33. The van der Waals surface area contributed by atoms with Crippen molar-refractivity contribution in [1.82, 2.24) is 10.3 Å². The van der Waals surface area contributed by atoms with Crippen molar-refractivity contribution >= 4 is 28.9 Å². The second kappa shape index (κ2) is 8.94. The molecule has 1 fully saturated rings. The van der Waals surface area contributed by atoms with Gasteiger partial charge >= 0.3 is 11.8 Å². The van der Waals surface area contributed by atoms with E-state index < -0.39 is 16.7 Å². The summed E-state index contributed by atoms with van der Waals surface area (Å²) in [5.41, 5.74) is 0.867. The fraction of sp³-hybridized carbons (Fsp3) is 0.316. The Morgan fingerprint density at radius 2 is 1.79 bits per heavy atom. The number of para-hydroxylation sites is 2. The van der Waals surface area contributed by atoms with E-state index in [1.807, 2.05) is 12.1 Å². The van der Waals surface area contributed by atoms with Gasteiger partial charge in [0.1, 0.15) is 5.69 Å². The van der Waals surface area contributed by atoms with Crippen LogP contribution in [-0.2, 0) is 9.59 Å². The molecule has 0 spiro atoms. The van der Waals surface area contributed by atoms with Gasteiger partial charge in [0.2, 0.25) is 0 Å². The number of nitrogens with zero attached hydrogens (tertiary/aromatic N) is 3. The highest BCUT2D eigenvalue weighted by molar-refractivity contribution is 6.39. The van der Waals surface area contributed by atoms with Crippen molar-refractivity contribution in [3.63, 3.8) is 0 Å². The monoisotopic (exact) mass is 383 g/mol. The Morgan fingerprint density at radius 3 is 2.46 bits per heavy atom. The van der Waals surface area contributed by atoms with Crippen molar-refractivity contribution in [3.8, 4) is 0 Å². The Kier molecular flexibility index (Phi) is 6.15. The van der Waals surface area contributed by atoms with E-state index in [-0.39, 0.29) is 17.3 Å². The normalized spacial score (nSPS) is 14.4. The number of hydrogen-bond donors (Lipinski definition) is 2. The average Bonchev–Trinajstić information content (AvgIpc) is 2.73. The van der Waals surface area contributed by atoms with Crippen LogP contribution >= 0.6 is 0 Å². The molecule has 0 unspecified atom stereocenters. The van der Waals surface area contributed by atoms with Crippen molar-refractivity contribution in [2.75, 3.05) is 29.9 Å². The second-order valence-corrected chi connectivity index (χ2v) is 6.57. The molecule has 2 N–H and O–H groups in total. The Labute approximate surface area is 161 Å². The van der Waals surface area contributed by atoms with Crippen LogP contribution in [0.5, 0.6) is 0 Å². The third kappa shape index (κ3) is 4.81. The molecule has 0 aliphatic carbocycles. The third-order valence-electron chi connectivity index (χ3n) is 4.75. The molecule has 1 aromatic carbocycles. The van der Waals surface area contributed by atoms with Crippen LogP contribution in [0, 0.1) is 16.0 Å². The summed E-state index contributed by atoms with van der Waals surface area (Å²) in [5.74, 6) is -1.43. The number of anilines is 2. The molecule has 2 amide bonds. The predicted molar refractivity (Wildman–Crippen MR) is 104 cm³/mol. The fourth-order valence-electron chi connectivity index (χ4n) is 3.19. The van der Waals surface area contributed by atoms with Crippen LogP contribution in [0.25, 0.3) is 0 Å². The fourth-order valence-corrected chi connectivity index (χ4v) is 3.19. The standard InChI is InChI=1S/C19H21N5O4/c25-18(19(26)22-16-3-1-2-4-17(16)24(27)28)21-13-14-7-11-23(12-8-14)15-5-9-20-10-6-15/h1-6,9-10,14H,7-8,11-13H2,(H,21,25)(H,22,26). The molecule has 146 valence electrons. The number of hydrogen-bond acceptors (Lipinski definition) is 6. The van der Waals surface area contributed by atoms with Crippen molar-refractivity contribution in [3.05, 3.63) is 58.9 Å². The smallest absolute Gasteiger partial charge is 0.313 e. The minimum atomic E-state index is -0.913. The molecule has 1 aromatic heterocycles. The van der Waals surface area contributed by atoms with Crippen LogP contribution in [0.4, 0.5) is 17.1 Å². The molecule has 1 aliphatic rings. The van der Waals surface area contributed by atoms with Crippen LogP contribution in [0.1, 0.15) is 12.8 Å². The molecule has 0 radical (unpaired) electrons. The molecule has 2 heterocycles. The number of nitrogens with one attached hydrogen (secondary N) is 2. The van der Waals surface area contributed by atoms with Gasteiger partial charge in [-0.25, -0.2) is 0 Å². The largest absolute Gasteiger partial charge is 0.371 e. The average molecular weight is 383 g/mol. The number of benzene rings is 1. The first kappa shape index (κ1) is 19.3. The molecule has 0 bridgehead atoms. The molecule has 0 saturated carbocycles. The topological polar surface area (TPSA) is 117 Å². The van der Waals surface area contributed by atoms with Gasteiger partial charge in [0.05, 0.1) is 4.92 Å². The number of carbonyl (C=O) groups is 2. The van der Waals surface area contributed by atoms with E-state index in [4.69, 9.17) is 0 Å². The van der Waals surface area contributed by atoms with E-state index in [2.05, 4.69) is 20.5 Å². The SMILES string of the molecule is O=C(NCC1CCN(c2ccncc2)CC1)C(=O)Nc1ccccc1[N+](=O)[O-]. The van der Waals surface area contributed by atoms with Crippen LogP contribution in [0.3, 0.4) is 0 Å². The number of nitro groups is 1. The van der Waals surface area contributed by atoms with E-state index in [1.165, 1.54) is 18.2 Å². The molecule has 2 aromatic rings. The van der Waals surface area contributed by atoms with Crippen molar-refractivity contribution in [2.45, 2.75) is 12.8 Å². The highest BCUT2D eigenvalue weighted by atomic mass is 16.6. The molecule has 3 rings (SSSR count). The summed E-state index contributed by atoms with van der Waals surface area (Å²) in [6.07, 6.45) is 5.32. The molecule has 28 heavy (non-hydrogen) atoms. The summed E-state index contributed by atoms with van der Waals surface area (Å²) >= 11 is 0.